The highest BCUT2D eigenvalue weighted by molar-refractivity contribution is 9.10. The fourth-order valence-corrected chi connectivity index (χ4v) is 3.23. The van der Waals surface area contributed by atoms with Gasteiger partial charge in [0, 0.05) is 5.56 Å². The van der Waals surface area contributed by atoms with Gasteiger partial charge in [0.15, 0.2) is 11.5 Å². The van der Waals surface area contributed by atoms with E-state index in [4.69, 9.17) is 18.6 Å². The van der Waals surface area contributed by atoms with Crippen molar-refractivity contribution in [2.45, 2.75) is 20.5 Å². The summed E-state index contributed by atoms with van der Waals surface area (Å²) in [6, 6.07) is 12.8. The number of ether oxygens (including phenoxy) is 3. The van der Waals surface area contributed by atoms with Gasteiger partial charge in [-0.3, -0.25) is 0 Å². The minimum atomic E-state index is -0.493. The van der Waals surface area contributed by atoms with E-state index < -0.39 is 5.97 Å². The van der Waals surface area contributed by atoms with E-state index in [1.165, 1.54) is 7.11 Å². The molecule has 3 aromatic rings. The number of rotatable bonds is 7. The second kappa shape index (κ2) is 8.93. The van der Waals surface area contributed by atoms with E-state index in [1.54, 1.807) is 19.1 Å². The molecule has 0 amide bonds. The lowest BCUT2D eigenvalue weighted by atomic mass is 10.2. The third kappa shape index (κ3) is 4.36. The minimum Gasteiger partial charge on any atom is -0.492 e. The number of aromatic nitrogens is 1. The van der Waals surface area contributed by atoms with Crippen molar-refractivity contribution in [2.75, 3.05) is 13.7 Å². The molecule has 6 nitrogen and oxygen atoms in total. The van der Waals surface area contributed by atoms with Gasteiger partial charge in [-0.15, -0.1) is 0 Å². The summed E-state index contributed by atoms with van der Waals surface area (Å²) in [7, 11) is 1.54. The fourth-order valence-electron chi connectivity index (χ4n) is 2.63. The van der Waals surface area contributed by atoms with Crippen molar-refractivity contribution >= 4 is 21.9 Å². The first-order valence-corrected chi connectivity index (χ1v) is 9.52. The SMILES string of the molecule is CCOc1cc(C(=O)OCc2nc(-c3ccccc3)oc2C)cc(Br)c1OC. The maximum absolute atomic E-state index is 12.5. The number of carbonyl (C=O) groups is 1. The van der Waals surface area contributed by atoms with Crippen LogP contribution in [-0.4, -0.2) is 24.7 Å². The summed E-state index contributed by atoms with van der Waals surface area (Å²) in [5.41, 5.74) is 1.79. The Balaban J connectivity index is 1.75. The first-order chi connectivity index (χ1) is 13.5. The molecule has 146 valence electrons. The monoisotopic (exact) mass is 445 g/mol. The average molecular weight is 446 g/mol. The zero-order valence-electron chi connectivity index (χ0n) is 15.8. The standard InChI is InChI=1S/C21H20BrNO5/c1-4-26-18-11-15(10-16(22)19(18)25-3)21(24)27-12-17-13(2)28-20(23-17)14-8-6-5-7-9-14/h5-11H,4,12H2,1-3H3. The Morgan fingerprint density at radius 2 is 1.96 bits per heavy atom. The second-order valence-electron chi connectivity index (χ2n) is 5.89. The van der Waals surface area contributed by atoms with Crippen molar-refractivity contribution in [3.05, 3.63) is 64.0 Å². The largest absolute Gasteiger partial charge is 0.492 e. The lowest BCUT2D eigenvalue weighted by molar-refractivity contribution is 0.0466. The molecule has 7 heteroatoms. The highest BCUT2D eigenvalue weighted by Gasteiger charge is 2.18. The number of hydrogen-bond donors (Lipinski definition) is 0. The van der Waals surface area contributed by atoms with Crippen LogP contribution in [-0.2, 0) is 11.3 Å². The highest BCUT2D eigenvalue weighted by atomic mass is 79.9. The van der Waals surface area contributed by atoms with Crippen LogP contribution in [0.25, 0.3) is 11.5 Å². The van der Waals surface area contributed by atoms with Crippen LogP contribution in [0.5, 0.6) is 11.5 Å². The molecular formula is C21H20BrNO5. The molecule has 0 aliphatic carbocycles. The van der Waals surface area contributed by atoms with Gasteiger partial charge in [0.1, 0.15) is 18.1 Å². The first kappa shape index (κ1) is 19.9. The van der Waals surface area contributed by atoms with Gasteiger partial charge < -0.3 is 18.6 Å². The second-order valence-corrected chi connectivity index (χ2v) is 6.74. The number of hydrogen-bond acceptors (Lipinski definition) is 6. The predicted molar refractivity (Wildman–Crippen MR) is 108 cm³/mol. The fraction of sp³-hybridized carbons (Fsp3) is 0.238. The maximum Gasteiger partial charge on any atom is 0.338 e. The summed E-state index contributed by atoms with van der Waals surface area (Å²) in [5.74, 6) is 1.61. The van der Waals surface area contributed by atoms with Crippen molar-refractivity contribution in [1.82, 2.24) is 4.98 Å². The van der Waals surface area contributed by atoms with Gasteiger partial charge in [0.05, 0.1) is 23.8 Å². The Labute approximate surface area is 171 Å². The number of aryl methyl sites for hydroxylation is 1. The zero-order valence-corrected chi connectivity index (χ0v) is 17.4. The summed E-state index contributed by atoms with van der Waals surface area (Å²) in [6.45, 7) is 4.10. The maximum atomic E-state index is 12.5. The third-order valence-electron chi connectivity index (χ3n) is 4.00. The molecule has 3 rings (SSSR count). The molecule has 0 bridgehead atoms. The van der Waals surface area contributed by atoms with E-state index in [2.05, 4.69) is 20.9 Å². The van der Waals surface area contributed by atoms with Crippen LogP contribution < -0.4 is 9.47 Å². The van der Waals surface area contributed by atoms with Crippen molar-refractivity contribution in [1.29, 1.82) is 0 Å². The zero-order chi connectivity index (χ0) is 20.1. The molecule has 0 N–H and O–H groups in total. The molecule has 0 radical (unpaired) electrons. The number of carbonyl (C=O) groups excluding carboxylic acids is 1. The third-order valence-corrected chi connectivity index (χ3v) is 4.59. The van der Waals surface area contributed by atoms with Crippen LogP contribution in [0.3, 0.4) is 0 Å². The Morgan fingerprint density at radius 1 is 1.21 bits per heavy atom. The molecule has 0 unspecified atom stereocenters. The Morgan fingerprint density at radius 3 is 2.64 bits per heavy atom. The van der Waals surface area contributed by atoms with E-state index in [0.29, 0.717) is 45.5 Å². The summed E-state index contributed by atoms with van der Waals surface area (Å²) >= 11 is 3.39. The number of halogens is 1. The van der Waals surface area contributed by atoms with E-state index in [9.17, 15) is 4.79 Å². The van der Waals surface area contributed by atoms with Gasteiger partial charge in [0.25, 0.3) is 0 Å². The normalized spacial score (nSPS) is 10.6. The van der Waals surface area contributed by atoms with Crippen molar-refractivity contribution in [3.63, 3.8) is 0 Å². The van der Waals surface area contributed by atoms with Crippen molar-refractivity contribution in [3.8, 4) is 23.0 Å². The van der Waals surface area contributed by atoms with Crippen molar-refractivity contribution < 1.29 is 23.4 Å². The van der Waals surface area contributed by atoms with Gasteiger partial charge in [-0.25, -0.2) is 9.78 Å². The molecule has 0 fully saturated rings. The quantitative estimate of drug-likeness (QED) is 0.466. The number of methoxy groups -OCH3 is 1. The van der Waals surface area contributed by atoms with Crippen LogP contribution >= 0.6 is 15.9 Å². The van der Waals surface area contributed by atoms with Crippen molar-refractivity contribution in [2.24, 2.45) is 0 Å². The highest BCUT2D eigenvalue weighted by Crippen LogP contribution is 2.36. The number of oxazole rings is 1. The molecule has 0 aliphatic rings. The van der Waals surface area contributed by atoms with E-state index in [-0.39, 0.29) is 6.61 Å². The number of benzene rings is 2. The van der Waals surface area contributed by atoms with Crippen LogP contribution in [0.1, 0.15) is 28.7 Å². The molecule has 1 aromatic heterocycles. The molecule has 0 atom stereocenters. The van der Waals surface area contributed by atoms with Gasteiger partial charge in [-0.05, 0) is 54.0 Å². The minimum absolute atomic E-state index is 0.00855. The molecule has 0 aliphatic heterocycles. The number of nitrogens with zero attached hydrogens (tertiary/aromatic N) is 1. The first-order valence-electron chi connectivity index (χ1n) is 8.72. The summed E-state index contributed by atoms with van der Waals surface area (Å²) in [4.78, 5) is 17.0. The van der Waals surface area contributed by atoms with Crippen LogP contribution in [0, 0.1) is 6.92 Å². The Bertz CT molecular complexity index is 968. The van der Waals surface area contributed by atoms with E-state index >= 15 is 0 Å². The summed E-state index contributed by atoms with van der Waals surface area (Å²) < 4.78 is 22.6. The molecule has 0 saturated carbocycles. The van der Waals surface area contributed by atoms with Crippen LogP contribution in [0.15, 0.2) is 51.4 Å². The van der Waals surface area contributed by atoms with Crippen LogP contribution in [0.2, 0.25) is 0 Å². The number of esters is 1. The molecule has 0 saturated heterocycles. The van der Waals surface area contributed by atoms with Gasteiger partial charge in [-0.1, -0.05) is 18.2 Å². The average Bonchev–Trinajstić information content (AvgIpc) is 3.07. The van der Waals surface area contributed by atoms with Gasteiger partial charge in [-0.2, -0.15) is 0 Å². The molecule has 2 aromatic carbocycles. The van der Waals surface area contributed by atoms with E-state index in [0.717, 1.165) is 5.56 Å². The predicted octanol–water partition coefficient (Wildman–Crippen LogP) is 5.18. The summed E-state index contributed by atoms with van der Waals surface area (Å²) in [5, 5.41) is 0. The smallest absolute Gasteiger partial charge is 0.338 e. The Hall–Kier alpha value is -2.80. The molecular weight excluding hydrogens is 426 g/mol. The lowest BCUT2D eigenvalue weighted by Gasteiger charge is -2.13. The summed E-state index contributed by atoms with van der Waals surface area (Å²) in [6.07, 6.45) is 0. The molecule has 28 heavy (non-hydrogen) atoms. The molecule has 1 heterocycles. The van der Waals surface area contributed by atoms with Crippen LogP contribution in [0.4, 0.5) is 0 Å². The lowest BCUT2D eigenvalue weighted by Crippen LogP contribution is -2.07. The van der Waals surface area contributed by atoms with Gasteiger partial charge in [0.2, 0.25) is 5.89 Å². The molecule has 0 spiro atoms. The topological polar surface area (TPSA) is 70.8 Å². The van der Waals surface area contributed by atoms with E-state index in [1.807, 2.05) is 37.3 Å². The Kier molecular flexibility index (Phi) is 6.36. The van der Waals surface area contributed by atoms with Gasteiger partial charge >= 0.3 is 5.97 Å².